The number of para-hydroxylation sites is 2. The molecule has 0 radical (unpaired) electrons. The number of rotatable bonds is 8. The van der Waals surface area contributed by atoms with E-state index in [1.54, 1.807) is 42.5 Å². The van der Waals surface area contributed by atoms with Crippen molar-refractivity contribution in [3.05, 3.63) is 89.0 Å². The first-order valence-corrected chi connectivity index (χ1v) is 9.23. The van der Waals surface area contributed by atoms with E-state index in [1.807, 2.05) is 0 Å². The Kier molecular flexibility index (Phi) is 6.85. The van der Waals surface area contributed by atoms with Crippen molar-refractivity contribution in [2.75, 3.05) is 7.11 Å². The minimum absolute atomic E-state index is 0.103. The first-order chi connectivity index (χ1) is 15.0. The first-order valence-electron chi connectivity index (χ1n) is 9.23. The average molecular weight is 420 g/mol. The third-order valence-corrected chi connectivity index (χ3v) is 4.33. The minimum atomic E-state index is -0.999. The molecule has 1 amide bonds. The van der Waals surface area contributed by atoms with Gasteiger partial charge in [-0.05, 0) is 42.0 Å². The summed E-state index contributed by atoms with van der Waals surface area (Å²) < 4.78 is 11.2. The lowest BCUT2D eigenvalue weighted by Crippen LogP contribution is -2.17. The summed E-state index contributed by atoms with van der Waals surface area (Å²) in [5.74, 6) is -0.819. The maximum atomic E-state index is 12.2. The van der Waals surface area contributed by atoms with Crippen LogP contribution in [0.4, 0.5) is 0 Å². The molecule has 0 aliphatic carbocycles. The zero-order valence-corrected chi connectivity index (χ0v) is 16.6. The molecule has 3 aromatic carbocycles. The smallest absolute Gasteiger partial charge is 0.335 e. The quantitative estimate of drug-likeness (QED) is 0.380. The van der Waals surface area contributed by atoms with Crippen molar-refractivity contribution in [2.45, 2.75) is 6.61 Å². The van der Waals surface area contributed by atoms with E-state index in [2.05, 4.69) is 10.5 Å². The Morgan fingerprint density at radius 3 is 2.45 bits per heavy atom. The molecule has 0 aliphatic heterocycles. The van der Waals surface area contributed by atoms with Gasteiger partial charge in [0.05, 0.1) is 24.5 Å². The van der Waals surface area contributed by atoms with Crippen molar-refractivity contribution in [3.63, 3.8) is 0 Å². The first kappa shape index (κ1) is 21.4. The third kappa shape index (κ3) is 5.39. The second-order valence-electron chi connectivity index (χ2n) is 6.39. The fourth-order valence-electron chi connectivity index (χ4n) is 2.74. The normalized spacial score (nSPS) is 10.6. The van der Waals surface area contributed by atoms with E-state index >= 15 is 0 Å². The maximum Gasteiger partial charge on any atom is 0.335 e. The van der Waals surface area contributed by atoms with E-state index in [-0.39, 0.29) is 23.5 Å². The summed E-state index contributed by atoms with van der Waals surface area (Å²) in [5, 5.41) is 22.7. The molecule has 8 heteroatoms. The Bertz CT molecular complexity index is 1110. The highest BCUT2D eigenvalue weighted by Crippen LogP contribution is 2.31. The second kappa shape index (κ2) is 9.93. The van der Waals surface area contributed by atoms with Crippen molar-refractivity contribution in [2.24, 2.45) is 5.10 Å². The fraction of sp³-hybridized carbons (Fsp3) is 0.0870. The van der Waals surface area contributed by atoms with Gasteiger partial charge in [0, 0.05) is 5.56 Å². The van der Waals surface area contributed by atoms with Crippen LogP contribution in [0.5, 0.6) is 17.2 Å². The monoisotopic (exact) mass is 420 g/mol. The number of hydrogen-bond donors (Lipinski definition) is 3. The largest absolute Gasteiger partial charge is 0.507 e. The molecule has 3 aromatic rings. The van der Waals surface area contributed by atoms with Gasteiger partial charge in [0.25, 0.3) is 5.91 Å². The number of hydrogen-bond acceptors (Lipinski definition) is 6. The van der Waals surface area contributed by atoms with Gasteiger partial charge in [-0.25, -0.2) is 10.2 Å². The molecule has 158 valence electrons. The van der Waals surface area contributed by atoms with E-state index in [0.717, 1.165) is 5.56 Å². The summed E-state index contributed by atoms with van der Waals surface area (Å²) in [7, 11) is 1.50. The molecule has 0 unspecified atom stereocenters. The molecule has 31 heavy (non-hydrogen) atoms. The number of aromatic carboxylic acids is 1. The van der Waals surface area contributed by atoms with Crippen molar-refractivity contribution in [1.82, 2.24) is 5.43 Å². The lowest BCUT2D eigenvalue weighted by atomic mass is 10.1. The van der Waals surface area contributed by atoms with Crippen LogP contribution < -0.4 is 14.9 Å². The predicted octanol–water partition coefficient (Wildman–Crippen LogP) is 3.44. The van der Waals surface area contributed by atoms with Gasteiger partial charge in [0.2, 0.25) is 0 Å². The Balaban J connectivity index is 1.74. The van der Waals surface area contributed by atoms with Crippen LogP contribution in [0.3, 0.4) is 0 Å². The highest BCUT2D eigenvalue weighted by Gasteiger charge is 2.12. The maximum absolute atomic E-state index is 12.2. The SMILES string of the molecule is COc1cccc(/C=N/NC(=O)c2ccccc2O)c1OCc1ccc(C(=O)O)cc1. The molecular weight excluding hydrogens is 400 g/mol. The zero-order valence-electron chi connectivity index (χ0n) is 16.6. The number of nitrogens with one attached hydrogen (secondary N) is 1. The van der Waals surface area contributed by atoms with Gasteiger partial charge in [-0.1, -0.05) is 30.3 Å². The van der Waals surface area contributed by atoms with Crippen LogP contribution in [0.1, 0.15) is 31.8 Å². The van der Waals surface area contributed by atoms with Gasteiger partial charge >= 0.3 is 5.97 Å². The highest BCUT2D eigenvalue weighted by molar-refractivity contribution is 5.97. The van der Waals surface area contributed by atoms with Gasteiger partial charge in [-0.15, -0.1) is 0 Å². The van der Waals surface area contributed by atoms with E-state index < -0.39 is 11.9 Å². The van der Waals surface area contributed by atoms with E-state index in [0.29, 0.717) is 17.1 Å². The summed E-state index contributed by atoms with van der Waals surface area (Å²) in [4.78, 5) is 23.1. The highest BCUT2D eigenvalue weighted by atomic mass is 16.5. The van der Waals surface area contributed by atoms with Gasteiger partial charge < -0.3 is 19.7 Å². The van der Waals surface area contributed by atoms with Crippen LogP contribution in [0.15, 0.2) is 71.8 Å². The fourth-order valence-corrected chi connectivity index (χ4v) is 2.74. The van der Waals surface area contributed by atoms with Crippen LogP contribution >= 0.6 is 0 Å². The van der Waals surface area contributed by atoms with Crippen molar-refractivity contribution >= 4 is 18.1 Å². The molecule has 0 fully saturated rings. The number of ether oxygens (including phenoxy) is 2. The summed E-state index contributed by atoms with van der Waals surface area (Å²) in [6.45, 7) is 0.172. The number of amides is 1. The van der Waals surface area contributed by atoms with Crippen LogP contribution in [-0.4, -0.2) is 35.4 Å². The summed E-state index contributed by atoms with van der Waals surface area (Å²) in [5.41, 5.74) is 3.98. The molecule has 0 atom stereocenters. The number of phenolic OH excluding ortho intramolecular Hbond substituents is 1. The van der Waals surface area contributed by atoms with Gasteiger partial charge in [-0.2, -0.15) is 5.10 Å². The number of carbonyl (C=O) groups is 2. The standard InChI is InChI=1S/C23H20N2O6/c1-30-20-8-4-5-17(13-24-25-22(27)18-6-2-3-7-19(18)26)21(20)31-14-15-9-11-16(12-10-15)23(28)29/h2-13,26H,14H2,1H3,(H,25,27)(H,28,29)/b24-13+. The van der Waals surface area contributed by atoms with Crippen LogP contribution in [0, 0.1) is 0 Å². The van der Waals surface area contributed by atoms with Gasteiger partial charge in [-0.3, -0.25) is 4.79 Å². The molecule has 0 aromatic heterocycles. The third-order valence-electron chi connectivity index (χ3n) is 4.33. The van der Waals surface area contributed by atoms with Crippen LogP contribution in [-0.2, 0) is 6.61 Å². The molecule has 0 bridgehead atoms. The van der Waals surface area contributed by atoms with Crippen molar-refractivity contribution in [1.29, 1.82) is 0 Å². The van der Waals surface area contributed by atoms with Crippen molar-refractivity contribution in [3.8, 4) is 17.2 Å². The van der Waals surface area contributed by atoms with Gasteiger partial charge in [0.15, 0.2) is 11.5 Å². The number of aromatic hydroxyl groups is 1. The predicted molar refractivity (Wildman–Crippen MR) is 114 cm³/mol. The molecule has 3 rings (SSSR count). The minimum Gasteiger partial charge on any atom is -0.507 e. The zero-order chi connectivity index (χ0) is 22.2. The Hall–Kier alpha value is -4.33. The topological polar surface area (TPSA) is 117 Å². The van der Waals surface area contributed by atoms with Gasteiger partial charge in [0.1, 0.15) is 12.4 Å². The molecule has 0 saturated heterocycles. The summed E-state index contributed by atoms with van der Waals surface area (Å²) >= 11 is 0. The molecule has 0 heterocycles. The Morgan fingerprint density at radius 1 is 1.03 bits per heavy atom. The molecular formula is C23H20N2O6. The van der Waals surface area contributed by atoms with Crippen molar-refractivity contribution < 1.29 is 29.3 Å². The number of carboxylic acid groups (broad SMARTS) is 1. The summed E-state index contributed by atoms with van der Waals surface area (Å²) in [6.07, 6.45) is 1.41. The number of hydrazone groups is 1. The Morgan fingerprint density at radius 2 is 1.77 bits per heavy atom. The molecule has 3 N–H and O–H groups in total. The molecule has 0 saturated carbocycles. The number of carboxylic acids is 1. The number of methoxy groups -OCH3 is 1. The second-order valence-corrected chi connectivity index (χ2v) is 6.39. The summed E-state index contributed by atoms with van der Waals surface area (Å²) in [6, 6.07) is 17.7. The van der Waals surface area contributed by atoms with Crippen LogP contribution in [0.25, 0.3) is 0 Å². The number of nitrogens with zero attached hydrogens (tertiary/aromatic N) is 1. The van der Waals surface area contributed by atoms with Crippen LogP contribution in [0.2, 0.25) is 0 Å². The molecule has 8 nitrogen and oxygen atoms in total. The molecule has 0 spiro atoms. The molecule has 0 aliphatic rings. The van der Waals surface area contributed by atoms with E-state index in [4.69, 9.17) is 14.6 Å². The number of phenols is 1. The number of benzene rings is 3. The Labute approximate surface area is 178 Å². The van der Waals surface area contributed by atoms with E-state index in [9.17, 15) is 14.7 Å². The lowest BCUT2D eigenvalue weighted by molar-refractivity contribution is 0.0696. The lowest BCUT2D eigenvalue weighted by Gasteiger charge is -2.13. The number of carbonyl (C=O) groups excluding carboxylic acids is 1. The average Bonchev–Trinajstić information content (AvgIpc) is 2.78. The van der Waals surface area contributed by atoms with E-state index in [1.165, 1.54) is 37.6 Å².